The number of amides is 1. The molecule has 0 saturated carbocycles. The zero-order valence-corrected chi connectivity index (χ0v) is 12.3. The average Bonchev–Trinajstić information content (AvgIpc) is 2.44. The second kappa shape index (κ2) is 5.95. The lowest BCUT2D eigenvalue weighted by atomic mass is 10.1. The van der Waals surface area contributed by atoms with Gasteiger partial charge in [0.25, 0.3) is 5.91 Å². The Balaban J connectivity index is 2.09. The van der Waals surface area contributed by atoms with Gasteiger partial charge in [0.2, 0.25) is 0 Å². The van der Waals surface area contributed by atoms with Crippen molar-refractivity contribution in [1.82, 2.24) is 5.32 Å². The van der Waals surface area contributed by atoms with Crippen molar-refractivity contribution in [2.75, 3.05) is 0 Å². The van der Waals surface area contributed by atoms with Gasteiger partial charge in [-0.15, -0.1) is 0 Å². The van der Waals surface area contributed by atoms with Crippen LogP contribution in [-0.2, 0) is 6.54 Å². The number of aromatic hydroxyl groups is 1. The predicted octanol–water partition coefficient (Wildman–Crippen LogP) is 3.39. The van der Waals surface area contributed by atoms with Gasteiger partial charge in [0.1, 0.15) is 11.6 Å². The summed E-state index contributed by atoms with van der Waals surface area (Å²) in [6, 6.07) is 8.15. The van der Waals surface area contributed by atoms with Gasteiger partial charge in [0.15, 0.2) is 0 Å². The third kappa shape index (κ3) is 3.40. The number of nitrogens with one attached hydrogen (secondary N) is 1. The smallest absolute Gasteiger partial charge is 0.251 e. The van der Waals surface area contributed by atoms with Crippen molar-refractivity contribution < 1.29 is 14.3 Å². The molecule has 0 radical (unpaired) electrons. The van der Waals surface area contributed by atoms with Crippen LogP contribution in [0.1, 0.15) is 32.6 Å². The molecule has 4 heteroatoms. The van der Waals surface area contributed by atoms with Gasteiger partial charge in [-0.3, -0.25) is 4.79 Å². The number of phenolic OH excluding ortho intramolecular Hbond substituents is 1. The molecule has 2 aromatic rings. The summed E-state index contributed by atoms with van der Waals surface area (Å²) in [5, 5.41) is 12.2. The summed E-state index contributed by atoms with van der Waals surface area (Å²) in [5.74, 6) is -0.270. The van der Waals surface area contributed by atoms with Gasteiger partial charge >= 0.3 is 0 Å². The quantitative estimate of drug-likeness (QED) is 0.909. The first-order chi connectivity index (χ1) is 9.88. The van der Waals surface area contributed by atoms with Gasteiger partial charge in [0, 0.05) is 12.1 Å². The van der Waals surface area contributed by atoms with Crippen molar-refractivity contribution in [1.29, 1.82) is 0 Å². The number of benzene rings is 2. The van der Waals surface area contributed by atoms with Crippen molar-refractivity contribution in [3.63, 3.8) is 0 Å². The Kier molecular flexibility index (Phi) is 4.26. The van der Waals surface area contributed by atoms with Gasteiger partial charge in [-0.1, -0.05) is 12.1 Å². The Morgan fingerprint density at radius 3 is 2.29 bits per heavy atom. The van der Waals surface area contributed by atoms with E-state index in [1.165, 1.54) is 6.07 Å². The summed E-state index contributed by atoms with van der Waals surface area (Å²) in [7, 11) is 0. The van der Waals surface area contributed by atoms with E-state index in [2.05, 4.69) is 5.32 Å². The van der Waals surface area contributed by atoms with Crippen molar-refractivity contribution in [3.05, 3.63) is 64.0 Å². The van der Waals surface area contributed by atoms with E-state index in [1.807, 2.05) is 0 Å². The van der Waals surface area contributed by atoms with Gasteiger partial charge in [-0.2, -0.15) is 0 Å². The van der Waals surface area contributed by atoms with Crippen LogP contribution in [0.15, 0.2) is 30.3 Å². The van der Waals surface area contributed by atoms with Gasteiger partial charge in [-0.25, -0.2) is 4.39 Å². The number of aryl methyl sites for hydroxylation is 3. The molecule has 0 aliphatic rings. The largest absolute Gasteiger partial charge is 0.508 e. The monoisotopic (exact) mass is 287 g/mol. The minimum Gasteiger partial charge on any atom is -0.508 e. The molecule has 0 fully saturated rings. The molecular formula is C17H18FNO2. The number of carbonyl (C=O) groups excluding carboxylic acids is 1. The van der Waals surface area contributed by atoms with E-state index in [-0.39, 0.29) is 17.5 Å². The first-order valence-corrected chi connectivity index (χ1v) is 6.72. The summed E-state index contributed by atoms with van der Waals surface area (Å²) in [5.41, 5.74) is 3.13. The third-order valence-electron chi connectivity index (χ3n) is 3.41. The molecule has 0 saturated heterocycles. The molecule has 0 aliphatic heterocycles. The standard InChI is InChI=1S/C17H18FNO2/c1-10-8-14(4-5-15(10)20)17(21)19-9-13-6-11(2)16(18)12(3)7-13/h4-8,20H,9H2,1-3H3,(H,19,21). The summed E-state index contributed by atoms with van der Waals surface area (Å²) in [6.45, 7) is 5.48. The van der Waals surface area contributed by atoms with E-state index in [0.717, 1.165) is 5.56 Å². The Hall–Kier alpha value is -2.36. The molecule has 0 heterocycles. The number of carbonyl (C=O) groups is 1. The van der Waals surface area contributed by atoms with Crippen molar-refractivity contribution in [3.8, 4) is 5.75 Å². The van der Waals surface area contributed by atoms with Crippen LogP contribution in [0, 0.1) is 26.6 Å². The highest BCUT2D eigenvalue weighted by atomic mass is 19.1. The zero-order valence-electron chi connectivity index (χ0n) is 12.3. The van der Waals surface area contributed by atoms with E-state index in [1.54, 1.807) is 45.0 Å². The summed E-state index contributed by atoms with van der Waals surface area (Å²) in [6.07, 6.45) is 0. The number of rotatable bonds is 3. The second-order valence-corrected chi connectivity index (χ2v) is 5.23. The van der Waals surface area contributed by atoms with Crippen LogP contribution in [0.4, 0.5) is 4.39 Å². The molecule has 3 nitrogen and oxygen atoms in total. The normalized spacial score (nSPS) is 10.5. The number of hydrogen-bond acceptors (Lipinski definition) is 2. The molecule has 2 N–H and O–H groups in total. The first-order valence-electron chi connectivity index (χ1n) is 6.72. The van der Waals surface area contributed by atoms with Crippen LogP contribution >= 0.6 is 0 Å². The maximum atomic E-state index is 13.5. The molecule has 110 valence electrons. The van der Waals surface area contributed by atoms with Gasteiger partial charge in [0.05, 0.1) is 0 Å². The van der Waals surface area contributed by atoms with E-state index < -0.39 is 0 Å². The molecule has 1 amide bonds. The van der Waals surface area contributed by atoms with Gasteiger partial charge in [-0.05, 0) is 61.2 Å². The summed E-state index contributed by atoms with van der Waals surface area (Å²) in [4.78, 5) is 12.1. The van der Waals surface area contributed by atoms with Crippen LogP contribution in [0.5, 0.6) is 5.75 Å². The fourth-order valence-corrected chi connectivity index (χ4v) is 2.22. The number of hydrogen-bond donors (Lipinski definition) is 2. The van der Waals surface area contributed by atoms with Crippen LogP contribution in [0.2, 0.25) is 0 Å². The topological polar surface area (TPSA) is 49.3 Å². The molecule has 0 aromatic heterocycles. The lowest BCUT2D eigenvalue weighted by molar-refractivity contribution is 0.0951. The minimum absolute atomic E-state index is 0.163. The molecule has 0 unspecified atom stereocenters. The van der Waals surface area contributed by atoms with E-state index in [4.69, 9.17) is 0 Å². The summed E-state index contributed by atoms with van der Waals surface area (Å²) < 4.78 is 13.5. The van der Waals surface area contributed by atoms with Crippen LogP contribution in [-0.4, -0.2) is 11.0 Å². The summed E-state index contributed by atoms with van der Waals surface area (Å²) >= 11 is 0. The molecule has 0 bridgehead atoms. The van der Waals surface area contributed by atoms with Crippen molar-refractivity contribution in [2.24, 2.45) is 0 Å². The molecule has 0 atom stereocenters. The third-order valence-corrected chi connectivity index (χ3v) is 3.41. The Morgan fingerprint density at radius 1 is 1.10 bits per heavy atom. The predicted molar refractivity (Wildman–Crippen MR) is 79.9 cm³/mol. The Bertz CT molecular complexity index is 672. The minimum atomic E-state index is -0.224. The first kappa shape index (κ1) is 15.0. The van der Waals surface area contributed by atoms with E-state index in [0.29, 0.717) is 28.8 Å². The lowest BCUT2D eigenvalue weighted by Gasteiger charge is -2.09. The van der Waals surface area contributed by atoms with Crippen molar-refractivity contribution >= 4 is 5.91 Å². The number of phenols is 1. The molecule has 2 aromatic carbocycles. The van der Waals surface area contributed by atoms with Crippen molar-refractivity contribution in [2.45, 2.75) is 27.3 Å². The van der Waals surface area contributed by atoms with Crippen LogP contribution in [0.3, 0.4) is 0 Å². The second-order valence-electron chi connectivity index (χ2n) is 5.23. The fourth-order valence-electron chi connectivity index (χ4n) is 2.22. The maximum Gasteiger partial charge on any atom is 0.251 e. The highest BCUT2D eigenvalue weighted by Crippen LogP contribution is 2.17. The van der Waals surface area contributed by atoms with Gasteiger partial charge < -0.3 is 10.4 Å². The zero-order chi connectivity index (χ0) is 15.6. The fraction of sp³-hybridized carbons (Fsp3) is 0.235. The lowest BCUT2D eigenvalue weighted by Crippen LogP contribution is -2.23. The average molecular weight is 287 g/mol. The molecule has 21 heavy (non-hydrogen) atoms. The number of halogens is 1. The Morgan fingerprint density at radius 2 is 1.71 bits per heavy atom. The van der Waals surface area contributed by atoms with E-state index in [9.17, 15) is 14.3 Å². The van der Waals surface area contributed by atoms with E-state index >= 15 is 0 Å². The van der Waals surface area contributed by atoms with Crippen LogP contribution < -0.4 is 5.32 Å². The molecule has 2 rings (SSSR count). The molecular weight excluding hydrogens is 269 g/mol. The SMILES string of the molecule is Cc1cc(C(=O)NCc2cc(C)c(F)c(C)c2)ccc1O. The Labute approximate surface area is 123 Å². The molecule has 0 aliphatic carbocycles. The molecule has 0 spiro atoms. The highest BCUT2D eigenvalue weighted by molar-refractivity contribution is 5.94. The maximum absolute atomic E-state index is 13.5. The van der Waals surface area contributed by atoms with Crippen LogP contribution in [0.25, 0.3) is 0 Å². The highest BCUT2D eigenvalue weighted by Gasteiger charge is 2.09.